The number of carbonyl (C=O) groups is 1. The van der Waals surface area contributed by atoms with Crippen molar-refractivity contribution in [2.24, 2.45) is 0 Å². The first-order valence-corrected chi connectivity index (χ1v) is 8.11. The monoisotopic (exact) mass is 300 g/mol. The van der Waals surface area contributed by atoms with Crippen LogP contribution in [-0.2, 0) is 4.79 Å². The highest BCUT2D eigenvalue weighted by atomic mass is 16.3. The number of hydrogen-bond acceptors (Lipinski definition) is 5. The van der Waals surface area contributed by atoms with Crippen LogP contribution in [0.25, 0.3) is 0 Å². The van der Waals surface area contributed by atoms with Gasteiger partial charge in [0.2, 0.25) is 5.91 Å². The minimum absolute atomic E-state index is 0.135. The Labute approximate surface area is 128 Å². The summed E-state index contributed by atoms with van der Waals surface area (Å²) in [5.41, 5.74) is 0. The number of likely N-dealkylation sites (tertiary alicyclic amines) is 1. The minimum atomic E-state index is 0.135. The van der Waals surface area contributed by atoms with Crippen LogP contribution < -0.4 is 10.6 Å². The van der Waals surface area contributed by atoms with Gasteiger partial charge in [0.15, 0.2) is 0 Å². The van der Waals surface area contributed by atoms with Crippen molar-refractivity contribution in [3.05, 3.63) is 0 Å². The average Bonchev–Trinajstić information content (AvgIpc) is 2.50. The van der Waals surface area contributed by atoms with E-state index < -0.39 is 0 Å². The maximum absolute atomic E-state index is 11.9. The van der Waals surface area contributed by atoms with E-state index in [1.54, 1.807) is 0 Å². The topological polar surface area (TPSA) is 67.8 Å². The SMILES string of the molecule is CNC1CCN(CC(=O)NCCCN(C)CCCO)CC1. The molecule has 124 valence electrons. The first kappa shape index (κ1) is 18.4. The Morgan fingerprint density at radius 1 is 1.29 bits per heavy atom. The van der Waals surface area contributed by atoms with Gasteiger partial charge in [-0.15, -0.1) is 0 Å². The Balaban J connectivity index is 2.01. The van der Waals surface area contributed by atoms with E-state index in [4.69, 9.17) is 5.11 Å². The van der Waals surface area contributed by atoms with Gasteiger partial charge < -0.3 is 20.6 Å². The van der Waals surface area contributed by atoms with Gasteiger partial charge >= 0.3 is 0 Å². The second-order valence-electron chi connectivity index (χ2n) is 5.92. The van der Waals surface area contributed by atoms with Crippen LogP contribution in [0.15, 0.2) is 0 Å². The van der Waals surface area contributed by atoms with Crippen LogP contribution in [-0.4, -0.2) is 86.8 Å². The molecule has 3 N–H and O–H groups in total. The summed E-state index contributed by atoms with van der Waals surface area (Å²) in [6.07, 6.45) is 4.01. The predicted octanol–water partition coefficient (Wildman–Crippen LogP) is -0.509. The summed E-state index contributed by atoms with van der Waals surface area (Å²) in [4.78, 5) is 16.3. The lowest BCUT2D eigenvalue weighted by molar-refractivity contribution is -0.122. The number of piperidine rings is 1. The molecule has 0 aromatic rings. The Morgan fingerprint density at radius 2 is 1.95 bits per heavy atom. The van der Waals surface area contributed by atoms with E-state index >= 15 is 0 Å². The Morgan fingerprint density at radius 3 is 2.57 bits per heavy atom. The van der Waals surface area contributed by atoms with Crippen molar-refractivity contribution in [3.8, 4) is 0 Å². The lowest BCUT2D eigenvalue weighted by atomic mass is 10.1. The maximum Gasteiger partial charge on any atom is 0.234 e. The van der Waals surface area contributed by atoms with Gasteiger partial charge in [0.05, 0.1) is 6.54 Å². The van der Waals surface area contributed by atoms with Crippen LogP contribution in [0.1, 0.15) is 25.7 Å². The highest BCUT2D eigenvalue weighted by Gasteiger charge is 2.19. The lowest BCUT2D eigenvalue weighted by Crippen LogP contribution is -2.45. The van der Waals surface area contributed by atoms with Crippen molar-refractivity contribution in [1.29, 1.82) is 0 Å². The zero-order chi connectivity index (χ0) is 15.5. The summed E-state index contributed by atoms with van der Waals surface area (Å²) >= 11 is 0. The Hall–Kier alpha value is -0.690. The van der Waals surface area contributed by atoms with Crippen molar-refractivity contribution < 1.29 is 9.90 Å². The summed E-state index contributed by atoms with van der Waals surface area (Å²) in [7, 11) is 4.05. The van der Waals surface area contributed by atoms with Crippen molar-refractivity contribution in [2.45, 2.75) is 31.7 Å². The summed E-state index contributed by atoms with van der Waals surface area (Å²) in [6, 6.07) is 0.610. The number of amides is 1. The molecule has 0 atom stereocenters. The molecule has 0 saturated carbocycles. The third-order valence-corrected chi connectivity index (χ3v) is 4.10. The zero-order valence-electron chi connectivity index (χ0n) is 13.6. The summed E-state index contributed by atoms with van der Waals surface area (Å²) in [5.74, 6) is 0.135. The molecular formula is C15H32N4O2. The third kappa shape index (κ3) is 8.36. The second-order valence-corrected chi connectivity index (χ2v) is 5.92. The van der Waals surface area contributed by atoms with E-state index in [0.717, 1.165) is 58.4 Å². The van der Waals surface area contributed by atoms with Gasteiger partial charge in [-0.05, 0) is 46.3 Å². The predicted molar refractivity (Wildman–Crippen MR) is 85.3 cm³/mol. The fraction of sp³-hybridized carbons (Fsp3) is 0.933. The second kappa shape index (κ2) is 11.0. The summed E-state index contributed by atoms with van der Waals surface area (Å²) < 4.78 is 0. The number of aliphatic hydroxyl groups is 1. The average molecular weight is 300 g/mol. The number of aliphatic hydroxyl groups excluding tert-OH is 1. The fourth-order valence-electron chi connectivity index (χ4n) is 2.67. The van der Waals surface area contributed by atoms with Gasteiger partial charge in [-0.25, -0.2) is 0 Å². The molecule has 6 heteroatoms. The van der Waals surface area contributed by atoms with Gasteiger partial charge in [-0.2, -0.15) is 0 Å². The van der Waals surface area contributed by atoms with E-state index in [2.05, 4.69) is 20.4 Å². The molecule has 1 aliphatic heterocycles. The molecule has 6 nitrogen and oxygen atoms in total. The van der Waals surface area contributed by atoms with Gasteiger partial charge in [0.1, 0.15) is 0 Å². The number of nitrogens with zero attached hydrogens (tertiary/aromatic N) is 2. The van der Waals surface area contributed by atoms with Crippen LogP contribution in [0.5, 0.6) is 0 Å². The first-order valence-electron chi connectivity index (χ1n) is 8.11. The van der Waals surface area contributed by atoms with Gasteiger partial charge in [-0.3, -0.25) is 9.69 Å². The van der Waals surface area contributed by atoms with E-state index in [1.165, 1.54) is 0 Å². The van der Waals surface area contributed by atoms with Crippen LogP contribution >= 0.6 is 0 Å². The molecule has 1 rings (SSSR count). The van der Waals surface area contributed by atoms with E-state index in [9.17, 15) is 4.79 Å². The number of rotatable bonds is 10. The summed E-state index contributed by atoms with van der Waals surface area (Å²) in [5, 5.41) is 15.0. The van der Waals surface area contributed by atoms with Crippen molar-refractivity contribution >= 4 is 5.91 Å². The largest absolute Gasteiger partial charge is 0.396 e. The van der Waals surface area contributed by atoms with E-state index in [1.807, 2.05) is 14.1 Å². The number of hydrogen-bond donors (Lipinski definition) is 3. The molecular weight excluding hydrogens is 268 g/mol. The van der Waals surface area contributed by atoms with Gasteiger partial charge in [0, 0.05) is 38.8 Å². The van der Waals surface area contributed by atoms with Crippen molar-refractivity contribution in [2.75, 3.05) is 60.0 Å². The van der Waals surface area contributed by atoms with Gasteiger partial charge in [0.25, 0.3) is 0 Å². The van der Waals surface area contributed by atoms with Crippen molar-refractivity contribution in [1.82, 2.24) is 20.4 Å². The molecule has 0 bridgehead atoms. The molecule has 0 radical (unpaired) electrons. The molecule has 0 aromatic carbocycles. The maximum atomic E-state index is 11.9. The highest BCUT2D eigenvalue weighted by Crippen LogP contribution is 2.08. The number of carbonyl (C=O) groups excluding carboxylic acids is 1. The van der Waals surface area contributed by atoms with Crippen LogP contribution in [0.4, 0.5) is 0 Å². The zero-order valence-corrected chi connectivity index (χ0v) is 13.6. The van der Waals surface area contributed by atoms with E-state index in [-0.39, 0.29) is 12.5 Å². The number of nitrogens with one attached hydrogen (secondary N) is 2. The van der Waals surface area contributed by atoms with Crippen LogP contribution in [0, 0.1) is 0 Å². The standard InChI is InChI=1S/C15H32N4O2/c1-16-14-5-10-19(11-6-14)13-15(21)17-7-3-8-18(2)9-4-12-20/h14,16,20H,3-13H2,1-2H3,(H,17,21). The minimum Gasteiger partial charge on any atom is -0.396 e. The third-order valence-electron chi connectivity index (χ3n) is 4.10. The molecule has 1 fully saturated rings. The fourth-order valence-corrected chi connectivity index (χ4v) is 2.67. The normalized spacial score (nSPS) is 17.3. The first-order chi connectivity index (χ1) is 10.2. The Kier molecular flexibility index (Phi) is 9.58. The lowest BCUT2D eigenvalue weighted by Gasteiger charge is -2.31. The molecule has 1 amide bonds. The summed E-state index contributed by atoms with van der Waals surface area (Å²) in [6.45, 7) is 5.36. The molecule has 21 heavy (non-hydrogen) atoms. The molecule has 0 spiro atoms. The molecule has 1 heterocycles. The van der Waals surface area contributed by atoms with Gasteiger partial charge in [-0.1, -0.05) is 0 Å². The van der Waals surface area contributed by atoms with Crippen molar-refractivity contribution in [3.63, 3.8) is 0 Å². The molecule has 1 aliphatic rings. The highest BCUT2D eigenvalue weighted by molar-refractivity contribution is 5.77. The van der Waals surface area contributed by atoms with Crippen LogP contribution in [0.3, 0.4) is 0 Å². The molecule has 1 saturated heterocycles. The quantitative estimate of drug-likeness (QED) is 0.474. The van der Waals surface area contributed by atoms with E-state index in [0.29, 0.717) is 12.6 Å². The molecule has 0 aromatic heterocycles. The Bertz CT molecular complexity index is 281. The smallest absolute Gasteiger partial charge is 0.234 e. The van der Waals surface area contributed by atoms with Crippen LogP contribution in [0.2, 0.25) is 0 Å². The molecule has 0 unspecified atom stereocenters. The molecule has 0 aliphatic carbocycles.